The maximum atomic E-state index is 14.8. The van der Waals surface area contributed by atoms with E-state index in [4.69, 9.17) is 14.2 Å². The van der Waals surface area contributed by atoms with Gasteiger partial charge in [0.25, 0.3) is 0 Å². The van der Waals surface area contributed by atoms with E-state index in [9.17, 15) is 26.7 Å². The second kappa shape index (κ2) is 11.2. The fourth-order valence-corrected chi connectivity index (χ4v) is 4.34. The van der Waals surface area contributed by atoms with E-state index in [1.165, 1.54) is 21.0 Å². The number of carbonyl (C=O) groups excluding carboxylic acids is 1. The zero-order valence-corrected chi connectivity index (χ0v) is 21.7. The number of hydrogen-bond donors (Lipinski definition) is 1. The Morgan fingerprint density at radius 1 is 1.21 bits per heavy atom. The van der Waals surface area contributed by atoms with Crippen LogP contribution >= 0.6 is 0 Å². The van der Waals surface area contributed by atoms with Crippen molar-refractivity contribution in [1.82, 2.24) is 14.9 Å². The minimum absolute atomic E-state index is 0.0685. The molecule has 1 aromatic heterocycles. The average Bonchev–Trinajstić information content (AvgIpc) is 2.87. The van der Waals surface area contributed by atoms with E-state index in [1.807, 2.05) is 0 Å². The van der Waals surface area contributed by atoms with E-state index >= 15 is 0 Å². The van der Waals surface area contributed by atoms with Crippen molar-refractivity contribution in [3.63, 3.8) is 0 Å². The van der Waals surface area contributed by atoms with Gasteiger partial charge >= 0.3 is 6.18 Å². The summed E-state index contributed by atoms with van der Waals surface area (Å²) in [5.41, 5.74) is -1.78. The number of anilines is 1. The van der Waals surface area contributed by atoms with Crippen molar-refractivity contribution in [2.75, 3.05) is 38.7 Å². The molecule has 0 saturated carbocycles. The number of alkyl halides is 3. The Morgan fingerprint density at radius 2 is 1.95 bits per heavy atom. The number of rotatable bonds is 7. The van der Waals surface area contributed by atoms with Gasteiger partial charge in [0.15, 0.2) is 11.5 Å². The first-order valence-corrected chi connectivity index (χ1v) is 12.1. The molecule has 1 N–H and O–H groups in total. The molecule has 2 aromatic carbocycles. The van der Waals surface area contributed by atoms with Gasteiger partial charge in [0.1, 0.15) is 36.0 Å². The first kappa shape index (κ1) is 28.3. The number of morpholine rings is 1. The van der Waals surface area contributed by atoms with Crippen LogP contribution in [0.5, 0.6) is 11.5 Å². The molecule has 1 saturated heterocycles. The Bertz CT molecular complexity index is 1380. The molecule has 1 aliphatic heterocycles. The lowest BCUT2D eigenvalue weighted by atomic mass is 10.0. The molecule has 3 aromatic rings. The highest BCUT2D eigenvalue weighted by molar-refractivity contribution is 5.92. The van der Waals surface area contributed by atoms with Crippen LogP contribution in [0, 0.1) is 18.6 Å². The average molecular weight is 555 g/mol. The number of amides is 1. The molecule has 0 spiro atoms. The molecule has 39 heavy (non-hydrogen) atoms. The van der Waals surface area contributed by atoms with Crippen LogP contribution in [0.1, 0.15) is 36.8 Å². The summed E-state index contributed by atoms with van der Waals surface area (Å²) in [6.45, 7) is 5.80. The van der Waals surface area contributed by atoms with Crippen LogP contribution < -0.4 is 14.8 Å². The smallest absolute Gasteiger partial charge is 0.419 e. The van der Waals surface area contributed by atoms with Gasteiger partial charge in [-0.3, -0.25) is 4.79 Å². The van der Waals surface area contributed by atoms with Gasteiger partial charge in [0, 0.05) is 30.5 Å². The monoisotopic (exact) mass is 554 g/mol. The standard InChI is InChI=1S/C26H27F5N4O4/c1-13(18-7-16(27)8-20(24(18)28)26(29,30)31)32-25-19-9-23(22(37-4)10-21(19)33-14(2)34-25)39-12-17-11-35(15(3)36)5-6-38-17/h7-10,13,17H,5-6,11-12H2,1-4H3,(H,32,33,34)/t13-,17+/m1/s1. The van der Waals surface area contributed by atoms with Gasteiger partial charge in [-0.15, -0.1) is 0 Å². The summed E-state index contributed by atoms with van der Waals surface area (Å²) in [6, 6.07) is 2.92. The van der Waals surface area contributed by atoms with Crippen LogP contribution in [0.2, 0.25) is 0 Å². The van der Waals surface area contributed by atoms with Crippen LogP contribution in [-0.2, 0) is 15.7 Å². The Balaban J connectivity index is 1.65. The van der Waals surface area contributed by atoms with Gasteiger partial charge in [-0.05, 0) is 32.0 Å². The number of nitrogens with one attached hydrogen (secondary N) is 1. The molecule has 0 bridgehead atoms. The molecule has 2 atom stereocenters. The minimum Gasteiger partial charge on any atom is -0.493 e. The predicted octanol–water partition coefficient (Wildman–Crippen LogP) is 5.04. The Labute approximate surface area is 221 Å². The summed E-state index contributed by atoms with van der Waals surface area (Å²) in [5.74, 6) is -1.71. The van der Waals surface area contributed by atoms with E-state index in [-0.39, 0.29) is 30.5 Å². The Hall–Kier alpha value is -3.74. The molecule has 0 unspecified atom stereocenters. The molecular formula is C26H27F5N4O4. The summed E-state index contributed by atoms with van der Waals surface area (Å²) in [7, 11) is 1.45. The maximum Gasteiger partial charge on any atom is 0.419 e. The van der Waals surface area contributed by atoms with Crippen LogP contribution in [0.25, 0.3) is 10.9 Å². The molecule has 2 heterocycles. The third-order valence-corrected chi connectivity index (χ3v) is 6.29. The van der Waals surface area contributed by atoms with Crippen LogP contribution in [0.4, 0.5) is 27.8 Å². The topological polar surface area (TPSA) is 85.8 Å². The van der Waals surface area contributed by atoms with E-state index in [0.29, 0.717) is 54.0 Å². The molecule has 1 aliphatic rings. The number of hydrogen-bond acceptors (Lipinski definition) is 7. The van der Waals surface area contributed by atoms with Gasteiger partial charge in [0.05, 0.1) is 37.4 Å². The minimum atomic E-state index is -5.06. The summed E-state index contributed by atoms with van der Waals surface area (Å²) >= 11 is 0. The molecule has 1 amide bonds. The Morgan fingerprint density at radius 3 is 2.62 bits per heavy atom. The van der Waals surface area contributed by atoms with Gasteiger partial charge in [-0.1, -0.05) is 0 Å². The first-order chi connectivity index (χ1) is 18.4. The molecule has 210 valence electrons. The number of methoxy groups -OCH3 is 1. The van der Waals surface area contributed by atoms with Gasteiger partial charge in [0.2, 0.25) is 5.91 Å². The van der Waals surface area contributed by atoms with Gasteiger partial charge in [-0.2, -0.15) is 13.2 Å². The molecule has 4 rings (SSSR count). The van der Waals surface area contributed by atoms with Crippen LogP contribution in [0.3, 0.4) is 0 Å². The highest BCUT2D eigenvalue weighted by Crippen LogP contribution is 2.38. The van der Waals surface area contributed by atoms with Crippen molar-refractivity contribution in [2.24, 2.45) is 0 Å². The number of benzene rings is 2. The van der Waals surface area contributed by atoms with E-state index in [2.05, 4.69) is 15.3 Å². The lowest BCUT2D eigenvalue weighted by Gasteiger charge is -2.32. The number of ether oxygens (including phenoxy) is 3. The van der Waals surface area contributed by atoms with Crippen molar-refractivity contribution in [3.8, 4) is 11.5 Å². The van der Waals surface area contributed by atoms with Crippen LogP contribution in [0.15, 0.2) is 24.3 Å². The number of fused-ring (bicyclic) bond motifs is 1. The lowest BCUT2D eigenvalue weighted by Crippen LogP contribution is -2.46. The SMILES string of the molecule is COc1cc2nc(C)nc(N[C@H](C)c3cc(F)cc(C(F)(F)F)c3F)c2cc1OC[C@@H]1CN(C(C)=O)CCO1. The molecule has 0 aliphatic carbocycles. The van der Waals surface area contributed by atoms with E-state index in [0.717, 1.165) is 0 Å². The van der Waals surface area contributed by atoms with Crippen molar-refractivity contribution in [3.05, 3.63) is 52.9 Å². The molecule has 1 fully saturated rings. The molecule has 13 heteroatoms. The zero-order valence-electron chi connectivity index (χ0n) is 21.7. The number of halogens is 5. The van der Waals surface area contributed by atoms with Crippen molar-refractivity contribution in [2.45, 2.75) is 39.1 Å². The first-order valence-electron chi connectivity index (χ1n) is 12.1. The van der Waals surface area contributed by atoms with E-state index < -0.39 is 35.0 Å². The van der Waals surface area contributed by atoms with Crippen molar-refractivity contribution >= 4 is 22.6 Å². The molecule has 8 nitrogen and oxygen atoms in total. The number of carbonyl (C=O) groups is 1. The van der Waals surface area contributed by atoms with E-state index in [1.54, 1.807) is 24.0 Å². The number of aryl methyl sites for hydroxylation is 1. The predicted molar refractivity (Wildman–Crippen MR) is 132 cm³/mol. The largest absolute Gasteiger partial charge is 0.493 e. The lowest BCUT2D eigenvalue weighted by molar-refractivity contribution is -0.140. The Kier molecular flexibility index (Phi) is 8.09. The van der Waals surface area contributed by atoms with Gasteiger partial charge < -0.3 is 24.4 Å². The highest BCUT2D eigenvalue weighted by atomic mass is 19.4. The highest BCUT2D eigenvalue weighted by Gasteiger charge is 2.36. The van der Waals surface area contributed by atoms with Crippen molar-refractivity contribution < 1.29 is 41.0 Å². The summed E-state index contributed by atoms with van der Waals surface area (Å²) in [4.78, 5) is 22.1. The van der Waals surface area contributed by atoms with Crippen LogP contribution in [-0.4, -0.2) is 60.3 Å². The normalized spacial score (nSPS) is 16.7. The van der Waals surface area contributed by atoms with Gasteiger partial charge in [-0.25, -0.2) is 18.7 Å². The summed E-state index contributed by atoms with van der Waals surface area (Å²) in [5, 5.41) is 3.30. The fourth-order valence-electron chi connectivity index (χ4n) is 4.34. The number of aromatic nitrogens is 2. The second-order valence-electron chi connectivity index (χ2n) is 9.13. The number of nitrogens with zero attached hydrogens (tertiary/aromatic N) is 3. The summed E-state index contributed by atoms with van der Waals surface area (Å²) < 4.78 is 85.6. The second-order valence-corrected chi connectivity index (χ2v) is 9.13. The zero-order chi connectivity index (χ0) is 28.5. The summed E-state index contributed by atoms with van der Waals surface area (Å²) in [6.07, 6.45) is -5.45. The fraction of sp³-hybridized carbons (Fsp3) is 0.423. The van der Waals surface area contributed by atoms with Crippen molar-refractivity contribution in [1.29, 1.82) is 0 Å². The maximum absolute atomic E-state index is 14.8. The third kappa shape index (κ3) is 6.29. The molecular weight excluding hydrogens is 527 g/mol. The quantitative estimate of drug-likeness (QED) is 0.410. The third-order valence-electron chi connectivity index (χ3n) is 6.29. The molecule has 0 radical (unpaired) electrons.